The largest absolute Gasteiger partial charge is 0.335 e. The van der Waals surface area contributed by atoms with Gasteiger partial charge in [-0.15, -0.1) is 0 Å². The maximum Gasteiger partial charge on any atom is 0.224 e. The number of hydrogen-bond acceptors (Lipinski definition) is 6. The van der Waals surface area contributed by atoms with Crippen LogP contribution in [-0.4, -0.2) is 41.0 Å². The van der Waals surface area contributed by atoms with E-state index in [1.807, 2.05) is 31.2 Å². The van der Waals surface area contributed by atoms with Gasteiger partial charge in [0.05, 0.1) is 40.3 Å². The van der Waals surface area contributed by atoms with Crippen molar-refractivity contribution in [3.63, 3.8) is 0 Å². The molecule has 10 heteroatoms. The van der Waals surface area contributed by atoms with E-state index in [0.29, 0.717) is 57.4 Å². The fraction of sp³-hybridized carbons (Fsp3) is 0.250. The molecule has 6 aromatic rings. The zero-order chi connectivity index (χ0) is 28.6. The molecule has 42 heavy (non-hydrogen) atoms. The molecule has 0 atom stereocenters. The maximum absolute atomic E-state index is 14.2. The lowest BCUT2D eigenvalue weighted by molar-refractivity contribution is -0.117. The molecule has 1 amide bonds. The summed E-state index contributed by atoms with van der Waals surface area (Å²) in [4.78, 5) is 34.4. The number of nitrogens with zero attached hydrogens (tertiary/aromatic N) is 5. The fourth-order valence-corrected chi connectivity index (χ4v) is 5.89. The first-order valence-corrected chi connectivity index (χ1v) is 14.2. The summed E-state index contributed by atoms with van der Waals surface area (Å²) in [6.45, 7) is 1.85. The van der Waals surface area contributed by atoms with Crippen LogP contribution in [0.15, 0.2) is 61.2 Å². The lowest BCUT2D eigenvalue weighted by Gasteiger charge is -2.20. The third-order valence-corrected chi connectivity index (χ3v) is 7.90. The van der Waals surface area contributed by atoms with Crippen molar-refractivity contribution in [3.8, 4) is 33.9 Å². The van der Waals surface area contributed by atoms with E-state index in [1.54, 1.807) is 24.8 Å². The third-order valence-electron chi connectivity index (χ3n) is 7.90. The summed E-state index contributed by atoms with van der Waals surface area (Å²) in [7, 11) is 0. The highest BCUT2D eigenvalue weighted by Crippen LogP contribution is 2.32. The first-order chi connectivity index (χ1) is 20.5. The number of nitrogens with one attached hydrogen (secondary N) is 3. The Bertz CT molecular complexity index is 1920. The number of carbonyl (C=O) groups is 1. The van der Waals surface area contributed by atoms with Gasteiger partial charge in [0.15, 0.2) is 11.5 Å². The highest BCUT2D eigenvalue weighted by molar-refractivity contribution is 5.96. The monoisotopic (exact) mass is 560 g/mol. The van der Waals surface area contributed by atoms with Gasteiger partial charge in [0.1, 0.15) is 11.3 Å². The molecule has 210 valence electrons. The summed E-state index contributed by atoms with van der Waals surface area (Å²) >= 11 is 0. The molecule has 0 saturated heterocycles. The van der Waals surface area contributed by atoms with Gasteiger partial charge in [-0.2, -0.15) is 5.10 Å². The molecule has 0 aliphatic heterocycles. The first kappa shape index (κ1) is 25.9. The summed E-state index contributed by atoms with van der Waals surface area (Å²) in [5.74, 6) is 0.690. The molecule has 7 rings (SSSR count). The number of carbonyl (C=O) groups excluding carboxylic acids is 1. The van der Waals surface area contributed by atoms with E-state index in [2.05, 4.69) is 30.5 Å². The number of halogens is 1. The topological polar surface area (TPSA) is 125 Å². The van der Waals surface area contributed by atoms with Crippen LogP contribution in [-0.2, 0) is 4.79 Å². The SMILES string of the molecule is Cc1cc(F)cc(-c2cncc3[nH]c(-c4n[nH]c5ccc(-c6cncc(NC(=O)CC7CCCCC7)c6)nc45)nc23)c1. The van der Waals surface area contributed by atoms with Crippen LogP contribution in [0, 0.1) is 18.7 Å². The van der Waals surface area contributed by atoms with E-state index in [0.717, 1.165) is 35.0 Å². The second-order valence-corrected chi connectivity index (χ2v) is 11.1. The fourth-order valence-electron chi connectivity index (χ4n) is 5.89. The van der Waals surface area contributed by atoms with Gasteiger partial charge in [-0.25, -0.2) is 14.4 Å². The smallest absolute Gasteiger partial charge is 0.224 e. The second kappa shape index (κ2) is 10.8. The molecule has 1 aromatic carbocycles. The van der Waals surface area contributed by atoms with Gasteiger partial charge >= 0.3 is 0 Å². The van der Waals surface area contributed by atoms with Crippen LogP contribution >= 0.6 is 0 Å². The second-order valence-electron chi connectivity index (χ2n) is 11.1. The first-order valence-electron chi connectivity index (χ1n) is 14.2. The Kier molecular flexibility index (Phi) is 6.65. The van der Waals surface area contributed by atoms with Crippen LogP contribution in [0.25, 0.3) is 56.0 Å². The minimum absolute atomic E-state index is 0.0218. The van der Waals surface area contributed by atoms with Crippen molar-refractivity contribution in [1.29, 1.82) is 0 Å². The summed E-state index contributed by atoms with van der Waals surface area (Å²) in [6, 6.07) is 10.6. The van der Waals surface area contributed by atoms with Gasteiger partial charge in [0.2, 0.25) is 5.91 Å². The van der Waals surface area contributed by atoms with E-state index >= 15 is 0 Å². The third kappa shape index (κ3) is 5.11. The number of aryl methyl sites for hydroxylation is 1. The Balaban J connectivity index is 1.20. The number of pyridine rings is 3. The Morgan fingerprint density at radius 3 is 2.64 bits per heavy atom. The highest BCUT2D eigenvalue weighted by atomic mass is 19.1. The maximum atomic E-state index is 14.2. The zero-order valence-corrected chi connectivity index (χ0v) is 23.1. The number of imidazole rings is 1. The van der Waals surface area contributed by atoms with Crippen LogP contribution in [0.4, 0.5) is 10.1 Å². The van der Waals surface area contributed by atoms with Crippen LogP contribution in [0.2, 0.25) is 0 Å². The van der Waals surface area contributed by atoms with Crippen molar-refractivity contribution in [2.24, 2.45) is 5.92 Å². The van der Waals surface area contributed by atoms with Crippen molar-refractivity contribution in [3.05, 3.63) is 72.6 Å². The van der Waals surface area contributed by atoms with E-state index < -0.39 is 0 Å². The van der Waals surface area contributed by atoms with Crippen molar-refractivity contribution in [2.75, 3.05) is 5.32 Å². The summed E-state index contributed by atoms with van der Waals surface area (Å²) in [6.07, 6.45) is 13.2. The van der Waals surface area contributed by atoms with Gasteiger partial charge in [0, 0.05) is 29.9 Å². The number of aromatic amines is 2. The normalized spacial score (nSPS) is 14.0. The van der Waals surface area contributed by atoms with E-state index in [4.69, 9.17) is 9.97 Å². The molecule has 0 unspecified atom stereocenters. The number of rotatable bonds is 6. The Labute approximate surface area is 241 Å². The predicted molar refractivity (Wildman–Crippen MR) is 160 cm³/mol. The van der Waals surface area contributed by atoms with Crippen molar-refractivity contribution in [2.45, 2.75) is 45.4 Å². The average molecular weight is 561 g/mol. The average Bonchev–Trinajstić information content (AvgIpc) is 3.61. The molecule has 0 radical (unpaired) electrons. The highest BCUT2D eigenvalue weighted by Gasteiger charge is 2.19. The number of H-pyrrole nitrogens is 2. The van der Waals surface area contributed by atoms with Crippen LogP contribution in [0.5, 0.6) is 0 Å². The quantitative estimate of drug-likeness (QED) is 0.202. The Morgan fingerprint density at radius 1 is 0.929 bits per heavy atom. The zero-order valence-electron chi connectivity index (χ0n) is 23.1. The standard InChI is InChI=1S/C32H29FN8O/c1-18-9-20(12-22(33)10-18)24-16-35-17-27-29(24)39-32(38-27)31-30-26(40-41-31)8-7-25(37-30)21-13-23(15-34-14-21)36-28(42)11-19-5-3-2-4-6-19/h7-10,12-17,19H,2-6,11H2,1H3,(H,36,42)(H,38,39)(H,40,41). The minimum atomic E-state index is -0.310. The Hall–Kier alpha value is -4.99. The van der Waals surface area contributed by atoms with Crippen LogP contribution in [0.3, 0.4) is 0 Å². The molecule has 1 aliphatic carbocycles. The molecule has 0 spiro atoms. The molecule has 5 aromatic heterocycles. The molecule has 1 saturated carbocycles. The van der Waals surface area contributed by atoms with Gasteiger partial charge in [-0.1, -0.05) is 25.3 Å². The number of hydrogen-bond donors (Lipinski definition) is 3. The van der Waals surface area contributed by atoms with Crippen molar-refractivity contribution < 1.29 is 9.18 Å². The number of benzene rings is 1. The van der Waals surface area contributed by atoms with Crippen LogP contribution in [0.1, 0.15) is 44.1 Å². The molecular weight excluding hydrogens is 531 g/mol. The number of aromatic nitrogens is 7. The predicted octanol–water partition coefficient (Wildman–Crippen LogP) is 6.98. The summed E-state index contributed by atoms with van der Waals surface area (Å²) in [5.41, 5.74) is 7.65. The number of amides is 1. The van der Waals surface area contributed by atoms with Crippen LogP contribution < -0.4 is 5.32 Å². The number of anilines is 1. The Morgan fingerprint density at radius 2 is 1.79 bits per heavy atom. The molecule has 3 N–H and O–H groups in total. The van der Waals surface area contributed by atoms with E-state index in [-0.39, 0.29) is 11.7 Å². The summed E-state index contributed by atoms with van der Waals surface area (Å²) < 4.78 is 14.2. The lowest BCUT2D eigenvalue weighted by Crippen LogP contribution is -2.18. The minimum Gasteiger partial charge on any atom is -0.335 e. The van der Waals surface area contributed by atoms with Gasteiger partial charge in [-0.05, 0) is 67.1 Å². The molecule has 9 nitrogen and oxygen atoms in total. The molecule has 0 bridgehead atoms. The van der Waals surface area contributed by atoms with E-state index in [9.17, 15) is 9.18 Å². The number of fused-ring (bicyclic) bond motifs is 2. The molecular formula is C32H29FN8O. The molecule has 5 heterocycles. The van der Waals surface area contributed by atoms with Crippen molar-refractivity contribution >= 4 is 33.7 Å². The molecule has 1 aliphatic rings. The van der Waals surface area contributed by atoms with Gasteiger partial charge in [0.25, 0.3) is 0 Å². The molecule has 1 fully saturated rings. The van der Waals surface area contributed by atoms with Crippen molar-refractivity contribution in [1.82, 2.24) is 35.1 Å². The summed E-state index contributed by atoms with van der Waals surface area (Å²) in [5, 5.41) is 10.6. The van der Waals surface area contributed by atoms with Gasteiger partial charge in [-0.3, -0.25) is 19.9 Å². The van der Waals surface area contributed by atoms with E-state index in [1.165, 1.54) is 31.4 Å². The van der Waals surface area contributed by atoms with Gasteiger partial charge < -0.3 is 10.3 Å². The lowest BCUT2D eigenvalue weighted by atomic mass is 9.87.